The van der Waals surface area contributed by atoms with Crippen LogP contribution in [-0.2, 0) is 4.57 Å². The summed E-state index contributed by atoms with van der Waals surface area (Å²) in [5, 5.41) is 2.86. The number of halogens is 1. The number of hydrogen-bond acceptors (Lipinski definition) is 2. The van der Waals surface area contributed by atoms with Gasteiger partial charge >= 0.3 is 0 Å². The van der Waals surface area contributed by atoms with Gasteiger partial charge in [-0.25, -0.2) is 0 Å². The second-order valence-electron chi connectivity index (χ2n) is 0.671. The summed E-state index contributed by atoms with van der Waals surface area (Å²) in [5.74, 6) is 0. The van der Waals surface area contributed by atoms with Crippen molar-refractivity contribution in [3.05, 3.63) is 0 Å². The predicted molar refractivity (Wildman–Crippen MR) is 34.5 cm³/mol. The summed E-state index contributed by atoms with van der Waals surface area (Å²) in [6, 6.07) is 0. The van der Waals surface area contributed by atoms with Gasteiger partial charge in [0.25, 0.3) is 0 Å². The van der Waals surface area contributed by atoms with Crippen LogP contribution >= 0.6 is 31.1 Å². The number of hydrogen-bond donors (Lipinski definition) is 1. The van der Waals surface area contributed by atoms with E-state index in [1.54, 1.807) is 0 Å². The molecule has 1 N–H and O–H groups in total. The van der Waals surface area contributed by atoms with E-state index in [1.807, 2.05) is 0 Å². The van der Waals surface area contributed by atoms with Crippen LogP contribution in [0.5, 0.6) is 0 Å². The average Bonchev–Trinajstić information content (AvgIpc) is 1.61. The first-order valence-electron chi connectivity index (χ1n) is 1.47. The second kappa shape index (κ2) is 5.79. The standard InChI is InChI=1S/C2H5INOP/c3-1-4-2-6-5/h4H,1-2H2. The van der Waals surface area contributed by atoms with Crippen LogP contribution in [-0.4, -0.2) is 10.8 Å². The van der Waals surface area contributed by atoms with Crippen molar-refractivity contribution in [1.29, 1.82) is 0 Å². The van der Waals surface area contributed by atoms with Gasteiger partial charge < -0.3 is 0 Å². The fourth-order valence-corrected chi connectivity index (χ4v) is 0.987. The Morgan fingerprint density at radius 3 is 2.67 bits per heavy atom. The zero-order chi connectivity index (χ0) is 4.83. The molecule has 0 rings (SSSR count). The van der Waals surface area contributed by atoms with Crippen LogP contribution in [0.2, 0.25) is 0 Å². The Labute approximate surface area is 52.0 Å². The molecule has 0 aliphatic carbocycles. The maximum Gasteiger partial charge on any atom is 0.170 e. The van der Waals surface area contributed by atoms with E-state index in [9.17, 15) is 4.57 Å². The molecule has 0 heterocycles. The van der Waals surface area contributed by atoms with Crippen molar-refractivity contribution in [3.8, 4) is 0 Å². The summed E-state index contributed by atoms with van der Waals surface area (Å²) in [6.07, 6.45) is 0.572. The van der Waals surface area contributed by atoms with Gasteiger partial charge in [0.2, 0.25) is 0 Å². The molecule has 0 aromatic rings. The van der Waals surface area contributed by atoms with Crippen LogP contribution in [0, 0.1) is 0 Å². The molecular formula is C2H5INOP. The van der Waals surface area contributed by atoms with Crippen LogP contribution in [0.3, 0.4) is 0 Å². The van der Waals surface area contributed by atoms with Crippen LogP contribution in [0.15, 0.2) is 0 Å². The average molecular weight is 217 g/mol. The lowest BCUT2D eigenvalue weighted by Gasteiger charge is -1.83. The highest BCUT2D eigenvalue weighted by Crippen LogP contribution is 1.84. The van der Waals surface area contributed by atoms with Crippen molar-refractivity contribution in [1.82, 2.24) is 5.32 Å². The van der Waals surface area contributed by atoms with Gasteiger partial charge in [-0.3, -0.25) is 9.88 Å². The molecule has 0 unspecified atom stereocenters. The second-order valence-corrected chi connectivity index (χ2v) is 2.01. The molecule has 0 radical (unpaired) electrons. The molecule has 0 saturated carbocycles. The molecule has 0 aliphatic rings. The van der Waals surface area contributed by atoms with Crippen molar-refractivity contribution in [3.63, 3.8) is 0 Å². The Hall–Kier alpha value is 0.790. The molecule has 0 saturated heterocycles. The van der Waals surface area contributed by atoms with Crippen LogP contribution in [0.1, 0.15) is 0 Å². The Bertz CT molecular complexity index is 42.5. The number of rotatable bonds is 3. The zero-order valence-corrected chi connectivity index (χ0v) is 6.20. The van der Waals surface area contributed by atoms with Gasteiger partial charge in [0, 0.05) is 4.55 Å². The van der Waals surface area contributed by atoms with Crippen molar-refractivity contribution in [2.24, 2.45) is 0 Å². The van der Waals surface area contributed by atoms with E-state index < -0.39 is 0 Å². The molecule has 0 bridgehead atoms. The van der Waals surface area contributed by atoms with Crippen molar-refractivity contribution in [2.45, 2.75) is 0 Å². The van der Waals surface area contributed by atoms with Crippen molar-refractivity contribution >= 4 is 31.1 Å². The molecule has 0 fully saturated rings. The van der Waals surface area contributed by atoms with Crippen molar-refractivity contribution < 1.29 is 4.57 Å². The normalized spacial score (nSPS) is 9.50. The fraction of sp³-hybridized carbons (Fsp3) is 1.00. The highest BCUT2D eigenvalue weighted by Gasteiger charge is 1.73. The maximum absolute atomic E-state index is 9.60. The van der Waals surface area contributed by atoms with Gasteiger partial charge in [-0.05, 0) is 0 Å². The van der Waals surface area contributed by atoms with E-state index in [-0.39, 0.29) is 8.46 Å². The minimum absolute atomic E-state index is 0.179. The summed E-state index contributed by atoms with van der Waals surface area (Å²) >= 11 is 2.16. The molecule has 0 aromatic heterocycles. The number of alkyl halides is 1. The van der Waals surface area contributed by atoms with Gasteiger partial charge in [0.15, 0.2) is 8.46 Å². The Balaban J connectivity index is 2.49. The van der Waals surface area contributed by atoms with E-state index in [2.05, 4.69) is 27.9 Å². The third-order valence-corrected chi connectivity index (χ3v) is 1.16. The first kappa shape index (κ1) is 6.79. The number of nitrogens with one attached hydrogen (secondary N) is 1. The largest absolute Gasteiger partial charge is 0.298 e. The molecule has 0 amide bonds. The fourth-order valence-electron chi connectivity index (χ4n) is 0.0879. The molecule has 36 valence electrons. The lowest BCUT2D eigenvalue weighted by Crippen LogP contribution is -2.05. The zero-order valence-electron chi connectivity index (χ0n) is 3.15. The van der Waals surface area contributed by atoms with E-state index >= 15 is 0 Å². The van der Waals surface area contributed by atoms with E-state index in [0.29, 0.717) is 6.29 Å². The highest BCUT2D eigenvalue weighted by molar-refractivity contribution is 14.1. The smallest absolute Gasteiger partial charge is 0.170 e. The minimum atomic E-state index is 0.179. The molecule has 0 spiro atoms. The highest BCUT2D eigenvalue weighted by atomic mass is 127. The molecule has 6 heavy (non-hydrogen) atoms. The molecular weight excluding hydrogens is 212 g/mol. The van der Waals surface area contributed by atoms with E-state index in [1.165, 1.54) is 0 Å². The summed E-state index contributed by atoms with van der Waals surface area (Å²) in [6.45, 7) is 0. The molecule has 2 nitrogen and oxygen atoms in total. The van der Waals surface area contributed by atoms with Gasteiger partial charge in [0.1, 0.15) is 0 Å². The Morgan fingerprint density at radius 1 is 1.83 bits per heavy atom. The predicted octanol–water partition coefficient (Wildman–Crippen LogP) is 1.22. The lowest BCUT2D eigenvalue weighted by atomic mass is 11.3. The third-order valence-electron chi connectivity index (χ3n) is 0.271. The summed E-state index contributed by atoms with van der Waals surface area (Å²) < 4.78 is 10.5. The van der Waals surface area contributed by atoms with Gasteiger partial charge in [0.05, 0.1) is 6.29 Å². The van der Waals surface area contributed by atoms with Crippen LogP contribution < -0.4 is 5.32 Å². The van der Waals surface area contributed by atoms with Gasteiger partial charge in [-0.2, -0.15) is 0 Å². The third kappa shape index (κ3) is 4.79. The molecule has 0 aliphatic heterocycles. The molecule has 4 heteroatoms. The SMILES string of the molecule is O=PCNCI. The maximum atomic E-state index is 9.60. The van der Waals surface area contributed by atoms with Crippen LogP contribution in [0.4, 0.5) is 0 Å². The van der Waals surface area contributed by atoms with Gasteiger partial charge in [-0.1, -0.05) is 22.6 Å². The van der Waals surface area contributed by atoms with E-state index in [4.69, 9.17) is 0 Å². The first-order chi connectivity index (χ1) is 2.91. The Morgan fingerprint density at radius 2 is 2.50 bits per heavy atom. The topological polar surface area (TPSA) is 29.1 Å². The Kier molecular flexibility index (Phi) is 6.55. The molecule has 0 atom stereocenters. The quantitative estimate of drug-likeness (QED) is 0.253. The first-order valence-corrected chi connectivity index (χ1v) is 4.00. The molecule has 0 aromatic carbocycles. The summed E-state index contributed by atoms with van der Waals surface area (Å²) in [7, 11) is 0.179. The van der Waals surface area contributed by atoms with Crippen LogP contribution in [0.25, 0.3) is 0 Å². The minimum Gasteiger partial charge on any atom is -0.298 e. The van der Waals surface area contributed by atoms with Gasteiger partial charge in [-0.15, -0.1) is 0 Å². The monoisotopic (exact) mass is 217 g/mol. The summed E-state index contributed by atoms with van der Waals surface area (Å²) in [4.78, 5) is 0. The lowest BCUT2D eigenvalue weighted by molar-refractivity contribution is 0.596. The van der Waals surface area contributed by atoms with Crippen molar-refractivity contribution in [2.75, 3.05) is 10.8 Å². The summed E-state index contributed by atoms with van der Waals surface area (Å²) in [5.41, 5.74) is 0. The van der Waals surface area contributed by atoms with E-state index in [0.717, 1.165) is 4.55 Å².